The molecular weight excluding hydrogens is 258 g/mol. The SMILES string of the molecule is C[C@@H]1O[C@H](O)C[C@H](O[Si](C)(C)C(C)(C)C)[C@@H]1N(C)C. The van der Waals surface area contributed by atoms with E-state index >= 15 is 0 Å². The fourth-order valence-corrected chi connectivity index (χ4v) is 3.80. The van der Waals surface area contributed by atoms with E-state index in [2.05, 4.69) is 38.8 Å². The summed E-state index contributed by atoms with van der Waals surface area (Å²) >= 11 is 0. The molecule has 0 aromatic heterocycles. The van der Waals surface area contributed by atoms with E-state index in [0.717, 1.165) is 0 Å². The van der Waals surface area contributed by atoms with Crippen molar-refractivity contribution in [3.05, 3.63) is 0 Å². The van der Waals surface area contributed by atoms with Gasteiger partial charge in [-0.25, -0.2) is 0 Å². The summed E-state index contributed by atoms with van der Waals surface area (Å²) in [6, 6.07) is 0.192. The van der Waals surface area contributed by atoms with E-state index in [-0.39, 0.29) is 23.3 Å². The Hall–Kier alpha value is 0.0569. The Kier molecular flexibility index (Phi) is 5.24. The number of rotatable bonds is 3. The number of nitrogens with zero attached hydrogens (tertiary/aromatic N) is 1. The second-order valence-electron chi connectivity index (χ2n) is 7.40. The van der Waals surface area contributed by atoms with E-state index in [0.29, 0.717) is 6.42 Å². The highest BCUT2D eigenvalue weighted by atomic mass is 28.4. The third-order valence-corrected chi connectivity index (χ3v) is 9.02. The van der Waals surface area contributed by atoms with Crippen molar-refractivity contribution in [1.82, 2.24) is 4.90 Å². The van der Waals surface area contributed by atoms with Crippen LogP contribution in [0.15, 0.2) is 0 Å². The Balaban J connectivity index is 2.89. The molecule has 0 amide bonds. The van der Waals surface area contributed by atoms with Crippen molar-refractivity contribution in [3.63, 3.8) is 0 Å². The molecule has 1 saturated heterocycles. The maximum Gasteiger partial charge on any atom is 0.192 e. The van der Waals surface area contributed by atoms with Gasteiger partial charge >= 0.3 is 0 Å². The Morgan fingerprint density at radius 1 is 1.26 bits per heavy atom. The first kappa shape index (κ1) is 17.1. The van der Waals surface area contributed by atoms with Crippen LogP contribution in [0, 0.1) is 0 Å². The Morgan fingerprint density at radius 2 is 1.79 bits per heavy atom. The van der Waals surface area contributed by atoms with Crippen molar-refractivity contribution in [3.8, 4) is 0 Å². The number of hydrogen-bond donors (Lipinski definition) is 1. The molecule has 0 saturated carbocycles. The highest BCUT2D eigenvalue weighted by Gasteiger charge is 2.45. The molecule has 0 aromatic carbocycles. The van der Waals surface area contributed by atoms with Crippen molar-refractivity contribution in [1.29, 1.82) is 0 Å². The lowest BCUT2D eigenvalue weighted by molar-refractivity contribution is -0.206. The van der Waals surface area contributed by atoms with E-state index in [4.69, 9.17) is 9.16 Å². The summed E-state index contributed by atoms with van der Waals surface area (Å²) in [7, 11) is 2.26. The van der Waals surface area contributed by atoms with Gasteiger partial charge < -0.3 is 19.2 Å². The fraction of sp³-hybridized carbons (Fsp3) is 1.00. The lowest BCUT2D eigenvalue weighted by atomic mass is 9.99. The minimum Gasteiger partial charge on any atom is -0.412 e. The Bertz CT molecular complexity index is 302. The highest BCUT2D eigenvalue weighted by molar-refractivity contribution is 6.74. The maximum atomic E-state index is 9.84. The van der Waals surface area contributed by atoms with E-state index in [9.17, 15) is 5.11 Å². The van der Waals surface area contributed by atoms with Crippen molar-refractivity contribution in [2.24, 2.45) is 0 Å². The van der Waals surface area contributed by atoms with Gasteiger partial charge in [-0.1, -0.05) is 20.8 Å². The average molecular weight is 289 g/mol. The van der Waals surface area contributed by atoms with E-state index in [1.165, 1.54) is 0 Å². The summed E-state index contributed by atoms with van der Waals surface area (Å²) in [6.45, 7) is 13.2. The predicted molar refractivity (Wildman–Crippen MR) is 80.7 cm³/mol. The first-order valence-electron chi connectivity index (χ1n) is 7.13. The monoisotopic (exact) mass is 289 g/mol. The fourth-order valence-electron chi connectivity index (χ4n) is 2.45. The molecule has 1 fully saturated rings. The quantitative estimate of drug-likeness (QED) is 0.810. The Labute approximate surface area is 119 Å². The third-order valence-electron chi connectivity index (χ3n) is 4.52. The molecule has 1 aliphatic heterocycles. The van der Waals surface area contributed by atoms with E-state index in [1.807, 2.05) is 21.0 Å². The standard InChI is InChI=1S/C14H31NO3Si/c1-10-13(15(5)6)11(9-12(16)17-10)18-19(7,8)14(2,3)4/h10-13,16H,9H2,1-8H3/t10-,11-,12-,13+/m0/s1. The van der Waals surface area contributed by atoms with E-state index < -0.39 is 14.6 Å². The molecule has 5 heteroatoms. The molecule has 0 bridgehead atoms. The number of likely N-dealkylation sites (N-methyl/N-ethyl adjacent to an activating group) is 1. The first-order chi connectivity index (χ1) is 8.45. The number of aliphatic hydroxyl groups is 1. The molecule has 0 aliphatic carbocycles. The summed E-state index contributed by atoms with van der Waals surface area (Å²) in [6.07, 6.45) is -0.135. The number of aliphatic hydroxyl groups excluding tert-OH is 1. The zero-order valence-electron chi connectivity index (χ0n) is 13.7. The lowest BCUT2D eigenvalue weighted by Gasteiger charge is -2.47. The van der Waals surface area contributed by atoms with Crippen LogP contribution >= 0.6 is 0 Å². The van der Waals surface area contributed by atoms with Gasteiger partial charge in [0.2, 0.25) is 0 Å². The Morgan fingerprint density at radius 3 is 2.21 bits per heavy atom. The van der Waals surface area contributed by atoms with Crippen molar-refractivity contribution < 1.29 is 14.3 Å². The average Bonchev–Trinajstić information content (AvgIpc) is 2.12. The van der Waals surface area contributed by atoms with Crippen LogP contribution in [-0.4, -0.2) is 57.0 Å². The van der Waals surface area contributed by atoms with Gasteiger partial charge in [0.1, 0.15) is 0 Å². The van der Waals surface area contributed by atoms with Crippen LogP contribution in [0.25, 0.3) is 0 Å². The largest absolute Gasteiger partial charge is 0.412 e. The molecule has 114 valence electrons. The van der Waals surface area contributed by atoms with Crippen LogP contribution in [-0.2, 0) is 9.16 Å². The molecule has 0 radical (unpaired) electrons. The second kappa shape index (κ2) is 5.82. The van der Waals surface area contributed by atoms with Crippen LogP contribution < -0.4 is 0 Å². The minimum atomic E-state index is -1.83. The van der Waals surface area contributed by atoms with Crippen LogP contribution in [0.2, 0.25) is 18.1 Å². The molecule has 4 nitrogen and oxygen atoms in total. The van der Waals surface area contributed by atoms with Gasteiger partial charge in [-0.3, -0.25) is 0 Å². The van der Waals surface area contributed by atoms with Crippen molar-refractivity contribution >= 4 is 8.32 Å². The van der Waals surface area contributed by atoms with Gasteiger partial charge in [0, 0.05) is 6.42 Å². The van der Waals surface area contributed by atoms with Crippen LogP contribution in [0.4, 0.5) is 0 Å². The zero-order valence-corrected chi connectivity index (χ0v) is 14.7. The molecule has 1 N–H and O–H groups in total. The normalized spacial score (nSPS) is 33.8. The zero-order chi connectivity index (χ0) is 15.0. The van der Waals surface area contributed by atoms with Crippen molar-refractivity contribution in [2.75, 3.05) is 14.1 Å². The molecule has 0 spiro atoms. The molecular formula is C14H31NO3Si. The first-order valence-corrected chi connectivity index (χ1v) is 10.0. The molecule has 0 aromatic rings. The van der Waals surface area contributed by atoms with E-state index in [1.54, 1.807) is 0 Å². The molecule has 1 heterocycles. The van der Waals surface area contributed by atoms with Gasteiger partial charge in [-0.2, -0.15) is 0 Å². The molecule has 19 heavy (non-hydrogen) atoms. The summed E-state index contributed by atoms with van der Waals surface area (Å²) in [5.74, 6) is 0. The number of ether oxygens (including phenoxy) is 1. The minimum absolute atomic E-state index is 0.0199. The molecule has 1 rings (SSSR count). The van der Waals surface area contributed by atoms with Crippen LogP contribution in [0.3, 0.4) is 0 Å². The lowest BCUT2D eigenvalue weighted by Crippen LogP contribution is -2.58. The maximum absolute atomic E-state index is 9.84. The summed E-state index contributed by atoms with van der Waals surface area (Å²) in [4.78, 5) is 2.15. The molecule has 1 aliphatic rings. The second-order valence-corrected chi connectivity index (χ2v) is 12.2. The summed E-state index contributed by atoms with van der Waals surface area (Å²) < 4.78 is 12.1. The molecule has 0 unspecified atom stereocenters. The van der Waals surface area contributed by atoms with Gasteiger partial charge in [0.25, 0.3) is 0 Å². The van der Waals surface area contributed by atoms with Crippen LogP contribution in [0.5, 0.6) is 0 Å². The topological polar surface area (TPSA) is 41.9 Å². The van der Waals surface area contributed by atoms with Gasteiger partial charge in [0.05, 0.1) is 18.2 Å². The smallest absolute Gasteiger partial charge is 0.192 e. The van der Waals surface area contributed by atoms with Gasteiger partial charge in [0.15, 0.2) is 14.6 Å². The highest BCUT2D eigenvalue weighted by Crippen LogP contribution is 2.39. The van der Waals surface area contributed by atoms with Gasteiger partial charge in [-0.15, -0.1) is 0 Å². The number of hydrogen-bond acceptors (Lipinski definition) is 4. The predicted octanol–water partition coefficient (Wildman–Crippen LogP) is 2.43. The van der Waals surface area contributed by atoms with Crippen molar-refractivity contribution in [2.45, 2.75) is 76.8 Å². The molecule has 4 atom stereocenters. The van der Waals surface area contributed by atoms with Gasteiger partial charge in [-0.05, 0) is 39.2 Å². The summed E-state index contributed by atoms with van der Waals surface area (Å²) in [5, 5.41) is 10.0. The van der Waals surface area contributed by atoms with Crippen LogP contribution in [0.1, 0.15) is 34.1 Å². The summed E-state index contributed by atoms with van der Waals surface area (Å²) in [5.41, 5.74) is 0. The third kappa shape index (κ3) is 4.01.